The summed E-state index contributed by atoms with van der Waals surface area (Å²) in [6.45, 7) is 6.24. The minimum atomic E-state index is -1.32. The standard InChI is InChI=1S/C16H30N4O6S/c1-5-7(2)11(14(23)18-10(6-27)16(25)26)19-15(24)12(9(4)21)20-13(22)8(3)17/h7-12,21,27H,5-6,17H2,1-4H3,(H,18,23)(H,19,24)(H,20,22)(H,25,26). The number of aliphatic hydroxyl groups is 1. The average molecular weight is 407 g/mol. The monoisotopic (exact) mass is 406 g/mol. The lowest BCUT2D eigenvalue weighted by molar-refractivity contribution is -0.142. The van der Waals surface area contributed by atoms with Gasteiger partial charge >= 0.3 is 5.97 Å². The fourth-order valence-electron chi connectivity index (χ4n) is 2.08. The van der Waals surface area contributed by atoms with Gasteiger partial charge < -0.3 is 31.9 Å². The molecular weight excluding hydrogens is 376 g/mol. The zero-order chi connectivity index (χ0) is 21.3. The lowest BCUT2D eigenvalue weighted by Gasteiger charge is -2.28. The predicted octanol–water partition coefficient (Wildman–Crippen LogP) is -1.77. The van der Waals surface area contributed by atoms with E-state index in [-0.39, 0.29) is 11.7 Å². The summed E-state index contributed by atoms with van der Waals surface area (Å²) in [4.78, 5) is 47.9. The molecule has 3 amide bonds. The molecule has 0 aromatic heterocycles. The molecule has 27 heavy (non-hydrogen) atoms. The highest BCUT2D eigenvalue weighted by molar-refractivity contribution is 7.80. The molecule has 0 aliphatic rings. The number of hydrogen-bond acceptors (Lipinski definition) is 7. The van der Waals surface area contributed by atoms with Crippen LogP contribution >= 0.6 is 12.6 Å². The normalized spacial score (nSPS) is 17.6. The van der Waals surface area contributed by atoms with Gasteiger partial charge in [-0.05, 0) is 19.8 Å². The SMILES string of the molecule is CCC(C)C(NC(=O)C(NC(=O)C(C)N)C(C)O)C(=O)NC(CS)C(=O)O. The van der Waals surface area contributed by atoms with E-state index >= 15 is 0 Å². The molecule has 0 aromatic carbocycles. The van der Waals surface area contributed by atoms with E-state index in [1.54, 1.807) is 13.8 Å². The van der Waals surface area contributed by atoms with Crippen molar-refractivity contribution < 1.29 is 29.4 Å². The Balaban J connectivity index is 5.35. The van der Waals surface area contributed by atoms with Crippen LogP contribution in [0.1, 0.15) is 34.1 Å². The Labute approximate surface area is 164 Å². The first-order valence-corrected chi connectivity index (χ1v) is 9.27. The summed E-state index contributed by atoms with van der Waals surface area (Å²) in [5.41, 5.74) is 5.45. The summed E-state index contributed by atoms with van der Waals surface area (Å²) in [5, 5.41) is 26.0. The summed E-state index contributed by atoms with van der Waals surface area (Å²) >= 11 is 3.88. The van der Waals surface area contributed by atoms with Gasteiger partial charge in [0, 0.05) is 5.75 Å². The Morgan fingerprint density at radius 3 is 1.81 bits per heavy atom. The maximum atomic E-state index is 12.5. The van der Waals surface area contributed by atoms with E-state index in [1.165, 1.54) is 13.8 Å². The van der Waals surface area contributed by atoms with Gasteiger partial charge in [-0.1, -0.05) is 20.3 Å². The highest BCUT2D eigenvalue weighted by Crippen LogP contribution is 2.10. The van der Waals surface area contributed by atoms with Crippen LogP contribution in [0.4, 0.5) is 0 Å². The van der Waals surface area contributed by atoms with Crippen molar-refractivity contribution >= 4 is 36.3 Å². The number of rotatable bonds is 11. The van der Waals surface area contributed by atoms with Crippen molar-refractivity contribution in [3.05, 3.63) is 0 Å². The number of aliphatic carboxylic acids is 1. The number of thiol groups is 1. The lowest BCUT2D eigenvalue weighted by atomic mass is 9.97. The molecule has 0 spiro atoms. The molecule has 0 aliphatic carbocycles. The van der Waals surface area contributed by atoms with E-state index < -0.39 is 54.0 Å². The number of carbonyl (C=O) groups excluding carboxylic acids is 3. The summed E-state index contributed by atoms with van der Waals surface area (Å²) in [5.74, 6) is -3.82. The second kappa shape index (κ2) is 11.8. The predicted molar refractivity (Wildman–Crippen MR) is 102 cm³/mol. The number of amides is 3. The smallest absolute Gasteiger partial charge is 0.327 e. The Bertz CT molecular complexity index is 543. The molecule has 0 aliphatic heterocycles. The van der Waals surface area contributed by atoms with Gasteiger partial charge in [-0.3, -0.25) is 14.4 Å². The second-order valence-corrected chi connectivity index (χ2v) is 6.83. The third-order valence-electron chi connectivity index (χ3n) is 4.07. The van der Waals surface area contributed by atoms with Crippen LogP contribution in [0.25, 0.3) is 0 Å². The molecule has 10 nitrogen and oxygen atoms in total. The van der Waals surface area contributed by atoms with Crippen molar-refractivity contribution in [1.29, 1.82) is 0 Å². The molecule has 6 atom stereocenters. The number of nitrogens with two attached hydrogens (primary N) is 1. The molecule has 0 heterocycles. The zero-order valence-electron chi connectivity index (χ0n) is 15.9. The van der Waals surface area contributed by atoms with Crippen molar-refractivity contribution in [2.75, 3.05) is 5.75 Å². The molecule has 6 unspecified atom stereocenters. The highest BCUT2D eigenvalue weighted by atomic mass is 32.1. The topological polar surface area (TPSA) is 171 Å². The number of carboxylic acid groups (broad SMARTS) is 1. The lowest BCUT2D eigenvalue weighted by Crippen LogP contribution is -2.60. The Hall–Kier alpha value is -1.85. The summed E-state index contributed by atoms with van der Waals surface area (Å²) in [6, 6.07) is -4.48. The fourth-order valence-corrected chi connectivity index (χ4v) is 2.33. The van der Waals surface area contributed by atoms with Gasteiger partial charge in [-0.15, -0.1) is 0 Å². The largest absolute Gasteiger partial charge is 0.480 e. The molecule has 0 rings (SSSR count). The first kappa shape index (κ1) is 25.1. The summed E-state index contributed by atoms with van der Waals surface area (Å²) < 4.78 is 0. The van der Waals surface area contributed by atoms with Crippen LogP contribution in [-0.4, -0.2) is 69.9 Å². The summed E-state index contributed by atoms with van der Waals surface area (Å²) in [7, 11) is 0. The fraction of sp³-hybridized carbons (Fsp3) is 0.750. The average Bonchev–Trinajstić information content (AvgIpc) is 2.59. The molecule has 0 bridgehead atoms. The number of aliphatic hydroxyl groups excluding tert-OH is 1. The third-order valence-corrected chi connectivity index (χ3v) is 4.43. The van der Waals surface area contributed by atoms with Crippen LogP contribution in [-0.2, 0) is 19.2 Å². The van der Waals surface area contributed by atoms with Crippen LogP contribution in [0, 0.1) is 5.92 Å². The van der Waals surface area contributed by atoms with Crippen molar-refractivity contribution in [3.63, 3.8) is 0 Å². The van der Waals surface area contributed by atoms with Crippen LogP contribution < -0.4 is 21.7 Å². The van der Waals surface area contributed by atoms with E-state index in [4.69, 9.17) is 10.8 Å². The molecular formula is C16H30N4O6S. The Morgan fingerprint density at radius 2 is 1.44 bits per heavy atom. The molecule has 7 N–H and O–H groups in total. The van der Waals surface area contributed by atoms with E-state index in [0.717, 1.165) is 0 Å². The molecule has 0 saturated carbocycles. The van der Waals surface area contributed by atoms with Gasteiger partial charge in [0.05, 0.1) is 12.1 Å². The first-order valence-electron chi connectivity index (χ1n) is 8.64. The second-order valence-electron chi connectivity index (χ2n) is 6.47. The van der Waals surface area contributed by atoms with Gasteiger partial charge in [0.25, 0.3) is 0 Å². The Morgan fingerprint density at radius 1 is 0.963 bits per heavy atom. The molecule has 156 valence electrons. The molecule has 0 saturated heterocycles. The third kappa shape index (κ3) is 8.14. The number of hydrogen-bond donors (Lipinski definition) is 7. The van der Waals surface area contributed by atoms with Gasteiger partial charge in [-0.2, -0.15) is 12.6 Å². The summed E-state index contributed by atoms with van der Waals surface area (Å²) in [6.07, 6.45) is -0.722. The van der Waals surface area contributed by atoms with E-state index in [1.807, 2.05) is 0 Å². The quantitative estimate of drug-likeness (QED) is 0.199. The van der Waals surface area contributed by atoms with Crippen molar-refractivity contribution in [3.8, 4) is 0 Å². The molecule has 0 aromatic rings. The van der Waals surface area contributed by atoms with Crippen LogP contribution in [0.15, 0.2) is 0 Å². The van der Waals surface area contributed by atoms with Crippen LogP contribution in [0.5, 0.6) is 0 Å². The van der Waals surface area contributed by atoms with Gasteiger partial charge in [0.2, 0.25) is 17.7 Å². The van der Waals surface area contributed by atoms with E-state index in [0.29, 0.717) is 6.42 Å². The van der Waals surface area contributed by atoms with Crippen molar-refractivity contribution in [1.82, 2.24) is 16.0 Å². The van der Waals surface area contributed by atoms with Crippen LogP contribution in [0.3, 0.4) is 0 Å². The Kier molecular flexibility index (Phi) is 11.0. The molecule has 0 radical (unpaired) electrons. The maximum absolute atomic E-state index is 12.5. The first-order chi connectivity index (χ1) is 12.5. The van der Waals surface area contributed by atoms with Gasteiger partial charge in [0.15, 0.2) is 0 Å². The van der Waals surface area contributed by atoms with Gasteiger partial charge in [-0.25, -0.2) is 4.79 Å². The maximum Gasteiger partial charge on any atom is 0.327 e. The number of carboxylic acids is 1. The number of carbonyl (C=O) groups is 4. The van der Waals surface area contributed by atoms with Crippen molar-refractivity contribution in [2.45, 2.75) is 64.4 Å². The highest BCUT2D eigenvalue weighted by Gasteiger charge is 2.33. The van der Waals surface area contributed by atoms with Crippen molar-refractivity contribution in [2.24, 2.45) is 11.7 Å². The molecule has 0 fully saturated rings. The van der Waals surface area contributed by atoms with Gasteiger partial charge in [0.1, 0.15) is 18.1 Å². The van der Waals surface area contributed by atoms with E-state index in [9.17, 15) is 24.3 Å². The van der Waals surface area contributed by atoms with Crippen LogP contribution in [0.2, 0.25) is 0 Å². The minimum Gasteiger partial charge on any atom is -0.480 e. The molecule has 11 heteroatoms. The van der Waals surface area contributed by atoms with E-state index in [2.05, 4.69) is 28.6 Å². The minimum absolute atomic E-state index is 0.122. The zero-order valence-corrected chi connectivity index (χ0v) is 16.8. The number of nitrogens with one attached hydrogen (secondary N) is 3.